The van der Waals surface area contributed by atoms with E-state index in [-0.39, 0.29) is 23.9 Å². The molecule has 4 rings (SSSR count). The molecule has 2 aromatic heterocycles. The summed E-state index contributed by atoms with van der Waals surface area (Å²) >= 11 is 0. The molecule has 0 bridgehead atoms. The summed E-state index contributed by atoms with van der Waals surface area (Å²) in [6.07, 6.45) is 4.13. The van der Waals surface area contributed by atoms with Crippen molar-refractivity contribution >= 4 is 22.4 Å². The molecule has 2 atom stereocenters. The fourth-order valence-electron chi connectivity index (χ4n) is 5.20. The van der Waals surface area contributed by atoms with Crippen LogP contribution in [0.25, 0.3) is 10.9 Å². The maximum Gasteiger partial charge on any atom is 0.261 e. The predicted octanol–water partition coefficient (Wildman–Crippen LogP) is 5.43. The molecule has 0 aliphatic heterocycles. The summed E-state index contributed by atoms with van der Waals surface area (Å²) in [5.41, 5.74) is 1.78. The van der Waals surface area contributed by atoms with Gasteiger partial charge in [-0.1, -0.05) is 32.4 Å². The Morgan fingerprint density at radius 1 is 1.29 bits per heavy atom. The molecule has 3 N–H and O–H groups in total. The van der Waals surface area contributed by atoms with Gasteiger partial charge in [0.25, 0.3) is 5.56 Å². The largest absolute Gasteiger partial charge is 0.338 e. The van der Waals surface area contributed by atoms with Crippen molar-refractivity contribution in [1.82, 2.24) is 20.1 Å². The molecule has 2 heterocycles. The number of alkyl halides is 1. The zero-order valence-corrected chi connectivity index (χ0v) is 20.3. The maximum absolute atomic E-state index is 16.5. The van der Waals surface area contributed by atoms with E-state index in [1.165, 1.54) is 10.9 Å². The zero-order valence-electron chi connectivity index (χ0n) is 20.3. The predicted molar refractivity (Wildman–Crippen MR) is 133 cm³/mol. The fourth-order valence-corrected chi connectivity index (χ4v) is 5.20. The lowest BCUT2D eigenvalue weighted by atomic mass is 9.80. The van der Waals surface area contributed by atoms with Gasteiger partial charge in [-0.15, -0.1) is 0 Å². The monoisotopic (exact) mass is 464 g/mol. The van der Waals surface area contributed by atoms with Crippen molar-refractivity contribution in [2.24, 2.45) is 5.92 Å². The Hall–Kier alpha value is -3.18. The minimum Gasteiger partial charge on any atom is -0.338 e. The SMILES string of the molecule is CC(C)NC(C)(C)c1ccc(Nc2nn([C@@]3(F)CCCC[C@@H]3CC#N)c3cc[nH]c(=O)c23)cc1. The summed E-state index contributed by atoms with van der Waals surface area (Å²) in [6.45, 7) is 8.49. The van der Waals surface area contributed by atoms with E-state index in [2.05, 4.69) is 54.5 Å². The van der Waals surface area contributed by atoms with Crippen LogP contribution >= 0.6 is 0 Å². The Bertz CT molecular complexity index is 1250. The molecule has 1 aliphatic carbocycles. The first kappa shape index (κ1) is 24.0. The lowest BCUT2D eigenvalue weighted by Gasteiger charge is -2.37. The summed E-state index contributed by atoms with van der Waals surface area (Å²) < 4.78 is 17.8. The summed E-state index contributed by atoms with van der Waals surface area (Å²) in [5.74, 6) is -1.96. The number of rotatable bonds is 7. The molecule has 7 nitrogen and oxygen atoms in total. The average molecular weight is 465 g/mol. The maximum atomic E-state index is 16.5. The van der Waals surface area contributed by atoms with Crippen LogP contribution in [0.3, 0.4) is 0 Å². The van der Waals surface area contributed by atoms with Crippen LogP contribution in [-0.2, 0) is 11.3 Å². The molecular weight excluding hydrogens is 431 g/mol. The molecule has 1 aliphatic rings. The number of H-pyrrole nitrogens is 1. The van der Waals surface area contributed by atoms with Crippen LogP contribution in [-0.4, -0.2) is 20.8 Å². The lowest BCUT2D eigenvalue weighted by molar-refractivity contribution is -0.0421. The highest BCUT2D eigenvalue weighted by Gasteiger charge is 2.45. The normalized spacial score (nSPS) is 21.0. The minimum absolute atomic E-state index is 0.117. The molecule has 1 aromatic carbocycles. The quantitative estimate of drug-likeness (QED) is 0.433. The molecule has 0 unspecified atom stereocenters. The van der Waals surface area contributed by atoms with Gasteiger partial charge in [0.2, 0.25) is 5.79 Å². The second-order valence-corrected chi connectivity index (χ2v) is 10.1. The first-order valence-corrected chi connectivity index (χ1v) is 12.0. The second kappa shape index (κ2) is 9.22. The summed E-state index contributed by atoms with van der Waals surface area (Å²) in [5, 5.41) is 20.9. The minimum atomic E-state index is -1.81. The number of pyridine rings is 1. The van der Waals surface area contributed by atoms with Crippen molar-refractivity contribution in [2.75, 3.05) is 5.32 Å². The van der Waals surface area contributed by atoms with Crippen molar-refractivity contribution in [1.29, 1.82) is 5.26 Å². The van der Waals surface area contributed by atoms with Crippen LogP contribution < -0.4 is 16.2 Å². The van der Waals surface area contributed by atoms with Gasteiger partial charge in [0, 0.05) is 42.2 Å². The van der Waals surface area contributed by atoms with E-state index in [1.807, 2.05) is 24.3 Å². The number of halogens is 1. The first-order chi connectivity index (χ1) is 16.2. The van der Waals surface area contributed by atoms with Crippen molar-refractivity contribution in [3.8, 4) is 6.07 Å². The van der Waals surface area contributed by atoms with Crippen molar-refractivity contribution in [3.05, 3.63) is 52.4 Å². The van der Waals surface area contributed by atoms with E-state index in [4.69, 9.17) is 0 Å². The molecular formula is C26H33FN6O. The smallest absolute Gasteiger partial charge is 0.261 e. The van der Waals surface area contributed by atoms with Crippen LogP contribution in [0.4, 0.5) is 15.9 Å². The molecule has 0 spiro atoms. The first-order valence-electron chi connectivity index (χ1n) is 12.0. The van der Waals surface area contributed by atoms with Gasteiger partial charge in [-0.3, -0.25) is 4.79 Å². The number of hydrogen-bond donors (Lipinski definition) is 3. The molecule has 1 saturated carbocycles. The van der Waals surface area contributed by atoms with E-state index in [0.29, 0.717) is 35.6 Å². The molecule has 3 aromatic rings. The number of nitrogens with zero attached hydrogens (tertiary/aromatic N) is 3. The second-order valence-electron chi connectivity index (χ2n) is 10.1. The van der Waals surface area contributed by atoms with E-state index in [0.717, 1.165) is 17.7 Å². The van der Waals surface area contributed by atoms with Gasteiger partial charge in [-0.25, -0.2) is 9.07 Å². The van der Waals surface area contributed by atoms with E-state index < -0.39 is 11.7 Å². The topological polar surface area (TPSA) is 98.5 Å². The van der Waals surface area contributed by atoms with Crippen LogP contribution in [0.2, 0.25) is 0 Å². The average Bonchev–Trinajstić information content (AvgIpc) is 3.15. The van der Waals surface area contributed by atoms with E-state index >= 15 is 4.39 Å². The van der Waals surface area contributed by atoms with Crippen molar-refractivity contribution < 1.29 is 4.39 Å². The summed E-state index contributed by atoms with van der Waals surface area (Å²) in [7, 11) is 0. The number of anilines is 2. The summed E-state index contributed by atoms with van der Waals surface area (Å²) in [6, 6.07) is 12.1. The Balaban J connectivity index is 1.72. The highest BCUT2D eigenvalue weighted by Crippen LogP contribution is 2.44. The van der Waals surface area contributed by atoms with Gasteiger partial charge < -0.3 is 15.6 Å². The van der Waals surface area contributed by atoms with Crippen LogP contribution in [0.15, 0.2) is 41.3 Å². The van der Waals surface area contributed by atoms with Gasteiger partial charge in [0.15, 0.2) is 5.82 Å². The Morgan fingerprint density at radius 2 is 2.03 bits per heavy atom. The lowest BCUT2D eigenvalue weighted by Crippen LogP contribution is -2.40. The molecule has 1 fully saturated rings. The number of benzene rings is 1. The van der Waals surface area contributed by atoms with Gasteiger partial charge in [0.1, 0.15) is 5.39 Å². The van der Waals surface area contributed by atoms with Gasteiger partial charge in [0.05, 0.1) is 11.6 Å². The van der Waals surface area contributed by atoms with Crippen LogP contribution in [0.5, 0.6) is 0 Å². The third-order valence-corrected chi connectivity index (χ3v) is 6.77. The summed E-state index contributed by atoms with van der Waals surface area (Å²) in [4.78, 5) is 15.4. The standard InChI is InChI=1S/C26H33FN6O/c1-17(2)31-25(3,4)18-8-10-20(11-9-18)30-23-22-21(13-16-29-24(22)34)33(32-23)26(27)14-6-5-7-19(26)12-15-28/h8-11,13,16-17,19,31H,5-7,12,14H2,1-4H3,(H,29,34)(H,30,32)/t19-,26+/m1/s1. The molecule has 180 valence electrons. The number of nitrogens with one attached hydrogen (secondary N) is 3. The molecule has 0 amide bonds. The fraction of sp³-hybridized carbons (Fsp3) is 0.500. The van der Waals surface area contributed by atoms with Gasteiger partial charge in [-0.05, 0) is 50.5 Å². The van der Waals surface area contributed by atoms with Crippen LogP contribution in [0, 0.1) is 17.2 Å². The van der Waals surface area contributed by atoms with Gasteiger partial charge in [-0.2, -0.15) is 10.4 Å². The zero-order chi connectivity index (χ0) is 24.5. The molecule has 0 saturated heterocycles. The highest BCUT2D eigenvalue weighted by molar-refractivity contribution is 5.91. The third-order valence-electron chi connectivity index (χ3n) is 6.77. The number of aromatic nitrogens is 3. The molecule has 8 heteroatoms. The van der Waals surface area contributed by atoms with Crippen LogP contribution in [0.1, 0.15) is 65.4 Å². The number of hydrogen-bond acceptors (Lipinski definition) is 5. The Labute approximate surface area is 199 Å². The Kier molecular flexibility index (Phi) is 6.50. The van der Waals surface area contributed by atoms with Crippen molar-refractivity contribution in [3.63, 3.8) is 0 Å². The third kappa shape index (κ3) is 4.45. The number of fused-ring (bicyclic) bond motifs is 1. The number of aromatic amines is 1. The van der Waals surface area contributed by atoms with E-state index in [1.54, 1.807) is 6.07 Å². The Morgan fingerprint density at radius 3 is 2.71 bits per heavy atom. The van der Waals surface area contributed by atoms with Gasteiger partial charge >= 0.3 is 0 Å². The molecule has 34 heavy (non-hydrogen) atoms. The number of nitriles is 1. The highest BCUT2D eigenvalue weighted by atomic mass is 19.1. The van der Waals surface area contributed by atoms with Crippen molar-refractivity contribution in [2.45, 2.75) is 77.2 Å². The van der Waals surface area contributed by atoms with E-state index in [9.17, 15) is 10.1 Å². The molecule has 0 radical (unpaired) electrons.